The molecule has 2 aromatic rings. The molecule has 4 nitrogen and oxygen atoms in total. The summed E-state index contributed by atoms with van der Waals surface area (Å²) >= 11 is 0. The number of halogens is 2. The largest absolute Gasteiger partial charge is 0.476 e. The van der Waals surface area contributed by atoms with Crippen molar-refractivity contribution < 1.29 is 4.74 Å². The Balaban J connectivity index is 0.00000162. The van der Waals surface area contributed by atoms with Crippen molar-refractivity contribution in [2.24, 2.45) is 0 Å². The molecule has 2 rings (SSSR count). The Morgan fingerprint density at radius 2 is 1.68 bits per heavy atom. The molecule has 0 unspecified atom stereocenters. The van der Waals surface area contributed by atoms with E-state index in [1.54, 1.807) is 12.4 Å². The van der Waals surface area contributed by atoms with Gasteiger partial charge >= 0.3 is 0 Å². The van der Waals surface area contributed by atoms with Crippen LogP contribution in [0, 0.1) is 0 Å². The van der Waals surface area contributed by atoms with Crippen molar-refractivity contribution >= 4 is 24.8 Å². The summed E-state index contributed by atoms with van der Waals surface area (Å²) in [5.74, 6) is 0.659. The molecule has 1 N–H and O–H groups in total. The van der Waals surface area contributed by atoms with Crippen LogP contribution in [0.1, 0.15) is 5.69 Å². The molecule has 0 saturated carbocycles. The van der Waals surface area contributed by atoms with E-state index in [-0.39, 0.29) is 24.8 Å². The quantitative estimate of drug-likeness (QED) is 0.833. The Kier molecular flexibility index (Phi) is 9.80. The number of ether oxygens (including phenoxy) is 1. The van der Waals surface area contributed by atoms with Gasteiger partial charge in [0.1, 0.15) is 6.61 Å². The molecule has 104 valence electrons. The molecule has 0 saturated heterocycles. The highest BCUT2D eigenvalue weighted by atomic mass is 35.5. The fourth-order valence-electron chi connectivity index (χ4n) is 1.38. The number of hydrogen-bond donors (Lipinski definition) is 1. The summed E-state index contributed by atoms with van der Waals surface area (Å²) in [7, 11) is 0. The molecule has 0 atom stereocenters. The second-order valence-corrected chi connectivity index (χ2v) is 3.51. The second kappa shape index (κ2) is 10.6. The third-order valence-corrected chi connectivity index (χ3v) is 2.20. The Morgan fingerprint density at radius 3 is 2.32 bits per heavy atom. The van der Waals surface area contributed by atoms with Crippen molar-refractivity contribution in [3.63, 3.8) is 0 Å². The lowest BCUT2D eigenvalue weighted by Gasteiger charge is -2.06. The monoisotopic (exact) mass is 301 g/mol. The average molecular weight is 302 g/mol. The van der Waals surface area contributed by atoms with Crippen LogP contribution in [0.2, 0.25) is 0 Å². The van der Waals surface area contributed by atoms with Gasteiger partial charge in [-0.05, 0) is 18.2 Å². The van der Waals surface area contributed by atoms with E-state index >= 15 is 0 Å². The van der Waals surface area contributed by atoms with E-state index in [1.807, 2.05) is 36.4 Å². The maximum atomic E-state index is 5.45. The van der Waals surface area contributed by atoms with Gasteiger partial charge in [-0.25, -0.2) is 4.98 Å². The van der Waals surface area contributed by atoms with Crippen LogP contribution < -0.4 is 10.1 Å². The van der Waals surface area contributed by atoms with Gasteiger partial charge in [-0.15, -0.1) is 24.8 Å². The van der Waals surface area contributed by atoms with E-state index in [0.29, 0.717) is 12.5 Å². The van der Waals surface area contributed by atoms with E-state index in [0.717, 1.165) is 18.8 Å². The van der Waals surface area contributed by atoms with Gasteiger partial charge in [-0.3, -0.25) is 4.98 Å². The highest BCUT2D eigenvalue weighted by Gasteiger charge is 1.94. The number of aromatic nitrogens is 2. The minimum absolute atomic E-state index is 0. The zero-order chi connectivity index (χ0) is 11.8. The van der Waals surface area contributed by atoms with Crippen molar-refractivity contribution in [2.45, 2.75) is 6.54 Å². The molecule has 0 amide bonds. The highest BCUT2D eigenvalue weighted by molar-refractivity contribution is 5.85. The fourth-order valence-corrected chi connectivity index (χ4v) is 1.38. The summed E-state index contributed by atoms with van der Waals surface area (Å²) in [5, 5.41) is 3.26. The molecule has 0 aromatic carbocycles. The molecular formula is C13H17Cl2N3O. The van der Waals surface area contributed by atoms with Crippen molar-refractivity contribution in [2.75, 3.05) is 13.2 Å². The van der Waals surface area contributed by atoms with Crippen LogP contribution in [-0.4, -0.2) is 23.1 Å². The molecule has 0 aliphatic heterocycles. The molecule has 0 aliphatic rings. The summed E-state index contributed by atoms with van der Waals surface area (Å²) in [5.41, 5.74) is 1.03. The molecule has 0 bridgehead atoms. The first-order valence-electron chi connectivity index (χ1n) is 5.59. The van der Waals surface area contributed by atoms with Crippen LogP contribution in [0.5, 0.6) is 5.88 Å². The van der Waals surface area contributed by atoms with Gasteiger partial charge in [0.25, 0.3) is 0 Å². The minimum Gasteiger partial charge on any atom is -0.476 e. The Hall–Kier alpha value is -1.36. The molecular weight excluding hydrogens is 285 g/mol. The highest BCUT2D eigenvalue weighted by Crippen LogP contribution is 2.01. The molecule has 19 heavy (non-hydrogen) atoms. The van der Waals surface area contributed by atoms with Gasteiger partial charge in [-0.2, -0.15) is 0 Å². The second-order valence-electron chi connectivity index (χ2n) is 3.51. The molecule has 2 heterocycles. The number of pyridine rings is 2. The zero-order valence-electron chi connectivity index (χ0n) is 10.4. The Bertz CT molecular complexity index is 387. The predicted molar refractivity (Wildman–Crippen MR) is 80.2 cm³/mol. The van der Waals surface area contributed by atoms with Gasteiger partial charge < -0.3 is 10.1 Å². The van der Waals surface area contributed by atoms with Gasteiger partial charge in [0.2, 0.25) is 5.88 Å². The number of hydrogen-bond acceptors (Lipinski definition) is 4. The van der Waals surface area contributed by atoms with Crippen LogP contribution in [0.3, 0.4) is 0 Å². The van der Waals surface area contributed by atoms with E-state index < -0.39 is 0 Å². The topological polar surface area (TPSA) is 47.0 Å². The van der Waals surface area contributed by atoms with Crippen LogP contribution in [0.4, 0.5) is 0 Å². The standard InChI is InChI=1S/C13H15N3O.2ClH/c1-3-7-15-12(5-1)11-14-9-10-17-13-6-2-4-8-16-13;;/h1-8,14H,9-11H2;2*1H. The van der Waals surface area contributed by atoms with Crippen molar-refractivity contribution in [3.8, 4) is 5.88 Å². The first kappa shape index (κ1) is 17.6. The minimum atomic E-state index is 0. The summed E-state index contributed by atoms with van der Waals surface area (Å²) < 4.78 is 5.45. The predicted octanol–water partition coefficient (Wildman–Crippen LogP) is 2.49. The third kappa shape index (κ3) is 6.96. The molecule has 0 spiro atoms. The normalized spacial score (nSPS) is 9.05. The first-order valence-corrected chi connectivity index (χ1v) is 5.59. The van der Waals surface area contributed by atoms with Gasteiger partial charge in [0.05, 0.1) is 5.69 Å². The maximum absolute atomic E-state index is 5.45. The average Bonchev–Trinajstić information content (AvgIpc) is 2.41. The van der Waals surface area contributed by atoms with E-state index in [4.69, 9.17) is 4.74 Å². The number of nitrogens with zero attached hydrogens (tertiary/aromatic N) is 2. The molecule has 0 fully saturated rings. The van der Waals surface area contributed by atoms with Gasteiger partial charge in [-0.1, -0.05) is 12.1 Å². The fraction of sp³-hybridized carbons (Fsp3) is 0.231. The van der Waals surface area contributed by atoms with E-state index in [1.165, 1.54) is 0 Å². The summed E-state index contributed by atoms with van der Waals surface area (Å²) in [4.78, 5) is 8.29. The van der Waals surface area contributed by atoms with Gasteiger partial charge in [0.15, 0.2) is 0 Å². The molecule has 6 heteroatoms. The summed E-state index contributed by atoms with van der Waals surface area (Å²) in [6, 6.07) is 11.5. The van der Waals surface area contributed by atoms with E-state index in [2.05, 4.69) is 15.3 Å². The summed E-state index contributed by atoms with van der Waals surface area (Å²) in [6.45, 7) is 2.13. The van der Waals surface area contributed by atoms with Crippen molar-refractivity contribution in [1.82, 2.24) is 15.3 Å². The number of rotatable bonds is 6. The van der Waals surface area contributed by atoms with Crippen LogP contribution in [-0.2, 0) is 6.54 Å². The van der Waals surface area contributed by atoms with E-state index in [9.17, 15) is 0 Å². The lowest BCUT2D eigenvalue weighted by molar-refractivity contribution is 0.302. The Labute approximate surface area is 125 Å². The maximum Gasteiger partial charge on any atom is 0.213 e. The lowest BCUT2D eigenvalue weighted by atomic mass is 10.3. The van der Waals surface area contributed by atoms with Crippen LogP contribution in [0.25, 0.3) is 0 Å². The SMILES string of the molecule is Cl.Cl.c1ccc(CNCCOc2ccccn2)nc1. The summed E-state index contributed by atoms with van der Waals surface area (Å²) in [6.07, 6.45) is 3.51. The third-order valence-electron chi connectivity index (χ3n) is 2.20. The van der Waals surface area contributed by atoms with Crippen molar-refractivity contribution in [1.29, 1.82) is 0 Å². The number of nitrogens with one attached hydrogen (secondary N) is 1. The molecule has 2 aromatic heterocycles. The Morgan fingerprint density at radius 1 is 0.947 bits per heavy atom. The van der Waals surface area contributed by atoms with Crippen molar-refractivity contribution in [3.05, 3.63) is 54.5 Å². The molecule has 0 radical (unpaired) electrons. The first-order chi connectivity index (χ1) is 8.45. The lowest BCUT2D eigenvalue weighted by Crippen LogP contribution is -2.21. The smallest absolute Gasteiger partial charge is 0.213 e. The van der Waals surface area contributed by atoms with Crippen LogP contribution >= 0.6 is 24.8 Å². The zero-order valence-corrected chi connectivity index (χ0v) is 12.0. The van der Waals surface area contributed by atoms with Gasteiger partial charge in [0, 0.05) is 31.5 Å². The van der Waals surface area contributed by atoms with Crippen LogP contribution in [0.15, 0.2) is 48.8 Å². The molecule has 0 aliphatic carbocycles.